The lowest BCUT2D eigenvalue weighted by Crippen LogP contribution is -2.46. The molecule has 2 aromatic heterocycles. The van der Waals surface area contributed by atoms with Gasteiger partial charge in [0.2, 0.25) is 0 Å². The molecule has 0 amide bonds. The SMILES string of the molecule is c1ccc(Cn2ccnc2CN2CCN(c3nc4ccccc4s3)CC2)cc1. The molecular formula is C22H23N5S. The van der Waals surface area contributed by atoms with E-state index < -0.39 is 0 Å². The molecule has 28 heavy (non-hydrogen) atoms. The Morgan fingerprint density at radius 1 is 0.857 bits per heavy atom. The number of hydrogen-bond acceptors (Lipinski definition) is 5. The Balaban J connectivity index is 1.21. The van der Waals surface area contributed by atoms with E-state index >= 15 is 0 Å². The molecule has 1 aliphatic heterocycles. The van der Waals surface area contributed by atoms with E-state index in [1.54, 1.807) is 11.3 Å². The first-order valence-corrected chi connectivity index (χ1v) is 10.5. The van der Waals surface area contributed by atoms with Crippen LogP contribution in [0, 0.1) is 0 Å². The van der Waals surface area contributed by atoms with Crippen molar-refractivity contribution in [1.82, 2.24) is 19.4 Å². The van der Waals surface area contributed by atoms with Gasteiger partial charge in [0.25, 0.3) is 0 Å². The maximum atomic E-state index is 4.81. The highest BCUT2D eigenvalue weighted by Crippen LogP contribution is 2.29. The lowest BCUT2D eigenvalue weighted by atomic mass is 10.2. The summed E-state index contributed by atoms with van der Waals surface area (Å²) < 4.78 is 3.53. The third kappa shape index (κ3) is 3.66. The van der Waals surface area contributed by atoms with Crippen LogP contribution in [0.4, 0.5) is 5.13 Å². The molecule has 5 rings (SSSR count). The predicted molar refractivity (Wildman–Crippen MR) is 115 cm³/mol. The van der Waals surface area contributed by atoms with Crippen molar-refractivity contribution in [2.75, 3.05) is 31.1 Å². The highest BCUT2D eigenvalue weighted by Gasteiger charge is 2.21. The second kappa shape index (κ2) is 7.73. The van der Waals surface area contributed by atoms with E-state index in [0.717, 1.165) is 55.7 Å². The quantitative estimate of drug-likeness (QED) is 0.519. The average molecular weight is 390 g/mol. The summed E-state index contributed by atoms with van der Waals surface area (Å²) in [6.45, 7) is 5.87. The zero-order chi connectivity index (χ0) is 18.8. The average Bonchev–Trinajstić information content (AvgIpc) is 3.36. The molecule has 0 radical (unpaired) electrons. The first-order valence-electron chi connectivity index (χ1n) is 9.72. The molecule has 0 saturated carbocycles. The van der Waals surface area contributed by atoms with Gasteiger partial charge in [0.15, 0.2) is 5.13 Å². The predicted octanol–water partition coefficient (Wildman–Crippen LogP) is 3.86. The normalized spacial score (nSPS) is 15.4. The van der Waals surface area contributed by atoms with E-state index in [2.05, 4.69) is 80.1 Å². The zero-order valence-electron chi connectivity index (χ0n) is 15.7. The summed E-state index contributed by atoms with van der Waals surface area (Å²) >= 11 is 1.79. The van der Waals surface area contributed by atoms with Crippen LogP contribution in [0.2, 0.25) is 0 Å². The Morgan fingerprint density at radius 2 is 1.64 bits per heavy atom. The van der Waals surface area contributed by atoms with E-state index in [9.17, 15) is 0 Å². The van der Waals surface area contributed by atoms with E-state index in [-0.39, 0.29) is 0 Å². The van der Waals surface area contributed by atoms with Crippen molar-refractivity contribution < 1.29 is 0 Å². The molecule has 0 bridgehead atoms. The Hall–Kier alpha value is -2.70. The van der Waals surface area contributed by atoms with E-state index in [1.165, 1.54) is 10.3 Å². The molecule has 1 fully saturated rings. The van der Waals surface area contributed by atoms with Gasteiger partial charge >= 0.3 is 0 Å². The monoisotopic (exact) mass is 389 g/mol. The molecule has 6 heteroatoms. The smallest absolute Gasteiger partial charge is 0.186 e. The zero-order valence-corrected chi connectivity index (χ0v) is 16.6. The lowest BCUT2D eigenvalue weighted by molar-refractivity contribution is 0.241. The van der Waals surface area contributed by atoms with Crippen LogP contribution in [0.15, 0.2) is 67.0 Å². The second-order valence-corrected chi connectivity index (χ2v) is 8.19. The van der Waals surface area contributed by atoms with Crippen LogP contribution in [0.25, 0.3) is 10.2 Å². The standard InChI is InChI=1S/C22H23N5S/c1-2-6-18(7-3-1)16-27-11-10-23-21(27)17-25-12-14-26(15-13-25)22-24-19-8-4-5-9-20(19)28-22/h1-11H,12-17H2. The van der Waals surface area contributed by atoms with Gasteiger partial charge in [-0.3, -0.25) is 4.90 Å². The van der Waals surface area contributed by atoms with Gasteiger partial charge in [0.1, 0.15) is 5.82 Å². The van der Waals surface area contributed by atoms with Gasteiger partial charge in [0.05, 0.1) is 16.8 Å². The molecule has 2 aromatic carbocycles. The van der Waals surface area contributed by atoms with Crippen LogP contribution in [-0.2, 0) is 13.1 Å². The van der Waals surface area contributed by atoms with Crippen LogP contribution < -0.4 is 4.90 Å². The number of hydrogen-bond donors (Lipinski definition) is 0. The Labute approximate surface area is 168 Å². The maximum Gasteiger partial charge on any atom is 0.186 e. The molecule has 0 atom stereocenters. The van der Waals surface area contributed by atoms with Gasteiger partial charge in [-0.1, -0.05) is 53.8 Å². The number of anilines is 1. The molecule has 0 spiro atoms. The Morgan fingerprint density at radius 3 is 2.46 bits per heavy atom. The molecule has 5 nitrogen and oxygen atoms in total. The topological polar surface area (TPSA) is 37.2 Å². The Bertz CT molecular complexity index is 1010. The largest absolute Gasteiger partial charge is 0.345 e. The Kier molecular flexibility index (Phi) is 4.81. The molecule has 3 heterocycles. The first-order chi connectivity index (χ1) is 13.8. The first kappa shape index (κ1) is 17.4. The fourth-order valence-electron chi connectivity index (χ4n) is 3.71. The minimum atomic E-state index is 0.877. The lowest BCUT2D eigenvalue weighted by Gasteiger charge is -2.34. The fourth-order valence-corrected chi connectivity index (χ4v) is 4.73. The maximum absolute atomic E-state index is 4.81. The number of rotatable bonds is 5. The molecule has 0 unspecified atom stereocenters. The number of aromatic nitrogens is 3. The van der Waals surface area contributed by atoms with Crippen molar-refractivity contribution in [3.8, 4) is 0 Å². The number of imidazole rings is 1. The van der Waals surface area contributed by atoms with Crippen molar-refractivity contribution in [3.05, 3.63) is 78.4 Å². The summed E-state index contributed by atoms with van der Waals surface area (Å²) in [4.78, 5) is 14.3. The number of fused-ring (bicyclic) bond motifs is 1. The van der Waals surface area contributed by atoms with Crippen molar-refractivity contribution in [2.24, 2.45) is 0 Å². The molecule has 1 aliphatic rings. The summed E-state index contributed by atoms with van der Waals surface area (Å²) in [6.07, 6.45) is 4.00. The number of para-hydroxylation sites is 1. The summed E-state index contributed by atoms with van der Waals surface area (Å²) in [5, 5.41) is 1.14. The third-order valence-electron chi connectivity index (χ3n) is 5.29. The number of benzene rings is 2. The molecular weight excluding hydrogens is 366 g/mol. The summed E-state index contributed by atoms with van der Waals surface area (Å²) in [5.74, 6) is 1.14. The van der Waals surface area contributed by atoms with Gasteiger partial charge in [0, 0.05) is 45.1 Å². The molecule has 142 valence electrons. The van der Waals surface area contributed by atoms with E-state index in [0.29, 0.717) is 0 Å². The molecule has 0 aliphatic carbocycles. The number of nitrogens with zero attached hydrogens (tertiary/aromatic N) is 5. The van der Waals surface area contributed by atoms with Gasteiger partial charge in [-0.15, -0.1) is 0 Å². The van der Waals surface area contributed by atoms with Crippen molar-refractivity contribution in [2.45, 2.75) is 13.1 Å². The minimum Gasteiger partial charge on any atom is -0.345 e. The van der Waals surface area contributed by atoms with E-state index in [1.807, 2.05) is 6.20 Å². The molecule has 4 aromatic rings. The van der Waals surface area contributed by atoms with Gasteiger partial charge in [-0.2, -0.15) is 0 Å². The highest BCUT2D eigenvalue weighted by atomic mass is 32.1. The van der Waals surface area contributed by atoms with Crippen LogP contribution in [-0.4, -0.2) is 45.6 Å². The third-order valence-corrected chi connectivity index (χ3v) is 6.39. The molecule has 1 saturated heterocycles. The van der Waals surface area contributed by atoms with Gasteiger partial charge < -0.3 is 9.47 Å². The fraction of sp³-hybridized carbons (Fsp3) is 0.273. The summed E-state index contributed by atoms with van der Waals surface area (Å²) in [6, 6.07) is 19.0. The van der Waals surface area contributed by atoms with Crippen molar-refractivity contribution in [1.29, 1.82) is 0 Å². The van der Waals surface area contributed by atoms with Crippen LogP contribution in [0.3, 0.4) is 0 Å². The van der Waals surface area contributed by atoms with Crippen molar-refractivity contribution >= 4 is 26.7 Å². The number of piperazine rings is 1. The molecule has 0 N–H and O–H groups in total. The minimum absolute atomic E-state index is 0.877. The summed E-state index contributed by atoms with van der Waals surface area (Å²) in [5.41, 5.74) is 2.41. The van der Waals surface area contributed by atoms with Gasteiger partial charge in [-0.25, -0.2) is 9.97 Å². The van der Waals surface area contributed by atoms with Crippen LogP contribution in [0.5, 0.6) is 0 Å². The van der Waals surface area contributed by atoms with Crippen LogP contribution >= 0.6 is 11.3 Å². The highest BCUT2D eigenvalue weighted by molar-refractivity contribution is 7.22. The van der Waals surface area contributed by atoms with Gasteiger partial charge in [-0.05, 0) is 17.7 Å². The summed E-state index contributed by atoms with van der Waals surface area (Å²) in [7, 11) is 0. The van der Waals surface area contributed by atoms with E-state index in [4.69, 9.17) is 4.98 Å². The number of thiazole rings is 1. The van der Waals surface area contributed by atoms with Crippen molar-refractivity contribution in [3.63, 3.8) is 0 Å². The second-order valence-electron chi connectivity index (χ2n) is 7.18. The van der Waals surface area contributed by atoms with Crippen LogP contribution in [0.1, 0.15) is 11.4 Å².